The zero-order valence-electron chi connectivity index (χ0n) is 18.5. The third-order valence-corrected chi connectivity index (χ3v) is 7.13. The van der Waals surface area contributed by atoms with Gasteiger partial charge in [-0.1, -0.05) is 4.85 Å². The van der Waals surface area contributed by atoms with Crippen LogP contribution in [0.15, 0.2) is 6.33 Å². The minimum atomic E-state index is -1.07. The van der Waals surface area contributed by atoms with Crippen LogP contribution in [0.5, 0.6) is 0 Å². The number of nitriles is 2. The van der Waals surface area contributed by atoms with E-state index < -0.39 is 8.45 Å². The van der Waals surface area contributed by atoms with Crippen LogP contribution in [0.3, 0.4) is 0 Å². The summed E-state index contributed by atoms with van der Waals surface area (Å²) in [5.74, 6) is 0. The maximum absolute atomic E-state index is 9.05. The Balaban J connectivity index is 3.09. The molecule has 0 aliphatic heterocycles. The highest BCUT2D eigenvalue weighted by molar-refractivity contribution is 7.47. The van der Waals surface area contributed by atoms with Crippen molar-refractivity contribution >= 4 is 8.45 Å². The summed E-state index contributed by atoms with van der Waals surface area (Å²) >= 11 is 0. The van der Waals surface area contributed by atoms with E-state index in [1.807, 2.05) is 6.07 Å². The Morgan fingerprint density at radius 3 is 2.24 bits per heavy atom. The van der Waals surface area contributed by atoms with Crippen LogP contribution in [0.4, 0.5) is 0 Å². The zero-order valence-corrected chi connectivity index (χ0v) is 19.4. The molecule has 0 radical (unpaired) electrons. The Bertz CT molecular complexity index is 758. The van der Waals surface area contributed by atoms with Crippen LogP contribution in [0, 0.1) is 28.7 Å². The van der Waals surface area contributed by atoms with Crippen LogP contribution in [0.25, 0.3) is 4.85 Å². The Kier molecular flexibility index (Phi) is 10.8. The van der Waals surface area contributed by atoms with Gasteiger partial charge in [0.05, 0.1) is 31.5 Å². The van der Waals surface area contributed by atoms with Gasteiger partial charge in [0.25, 0.3) is 6.54 Å². The highest BCUT2D eigenvalue weighted by Crippen LogP contribution is 2.50. The number of hydrogen-bond acceptors (Lipinski definition) is 6. The monoisotopic (exact) mass is 418 g/mol. The van der Waals surface area contributed by atoms with E-state index in [-0.39, 0.29) is 17.8 Å². The lowest BCUT2D eigenvalue weighted by Crippen LogP contribution is -2.45. The van der Waals surface area contributed by atoms with E-state index in [9.17, 15) is 0 Å². The molecule has 0 spiro atoms. The van der Waals surface area contributed by atoms with Gasteiger partial charge in [-0.25, -0.2) is 14.3 Å². The second kappa shape index (κ2) is 12.5. The standard InChI is InChI=1S/C20H32N7OP/c1-15(2)26(16(3)4)29(28-10-8-9-21)27(17(5)6)18(7)12-23-13-20-19(11-22)24-14-25-20/h14-18H,8,10,12H2,1-7H3/p+1. The summed E-state index contributed by atoms with van der Waals surface area (Å²) < 4.78 is 11.0. The lowest BCUT2D eigenvalue weighted by Gasteiger charge is -2.45. The third-order valence-electron chi connectivity index (χ3n) is 4.15. The van der Waals surface area contributed by atoms with E-state index in [2.05, 4.69) is 84.8 Å². The smallest absolute Gasteiger partial charge is 0.332 e. The largest absolute Gasteiger partial charge is 0.332 e. The van der Waals surface area contributed by atoms with Crippen LogP contribution in [0.2, 0.25) is 0 Å². The fourth-order valence-corrected chi connectivity index (χ4v) is 5.45. The number of aromatic nitrogens is 2. The summed E-state index contributed by atoms with van der Waals surface area (Å²) in [7, 11) is -1.07. The fraction of sp³-hybridized carbons (Fsp3) is 0.700. The summed E-state index contributed by atoms with van der Waals surface area (Å²) in [5.41, 5.74) is 0.782. The van der Waals surface area contributed by atoms with Crippen molar-refractivity contribution in [3.05, 3.63) is 22.6 Å². The number of nitrogens with zero attached hydrogens (tertiary/aromatic N) is 6. The molecule has 9 heteroatoms. The third kappa shape index (κ3) is 7.39. The highest BCUT2D eigenvalue weighted by Gasteiger charge is 2.37. The van der Waals surface area contributed by atoms with E-state index in [4.69, 9.17) is 15.0 Å². The van der Waals surface area contributed by atoms with Crippen molar-refractivity contribution in [2.24, 2.45) is 0 Å². The highest BCUT2D eigenvalue weighted by atomic mass is 31.2. The second-order valence-electron chi connectivity index (χ2n) is 7.57. The van der Waals surface area contributed by atoms with Crippen LogP contribution in [0.1, 0.15) is 66.3 Å². The molecule has 158 valence electrons. The first kappa shape index (κ1) is 25.0. The first-order valence-electron chi connectivity index (χ1n) is 9.96. The van der Waals surface area contributed by atoms with Crippen molar-refractivity contribution < 1.29 is 4.52 Å². The normalized spacial score (nSPS) is 13.4. The van der Waals surface area contributed by atoms with Gasteiger partial charge in [-0.3, -0.25) is 0 Å². The zero-order chi connectivity index (χ0) is 22.0. The average molecular weight is 419 g/mol. The molecule has 8 nitrogen and oxygen atoms in total. The molecule has 1 N–H and O–H groups in total. The first-order valence-corrected chi connectivity index (χ1v) is 11.1. The fourth-order valence-electron chi connectivity index (χ4n) is 3.10. The molecule has 1 rings (SSSR count). The van der Waals surface area contributed by atoms with Crippen molar-refractivity contribution in [2.45, 2.75) is 79.1 Å². The van der Waals surface area contributed by atoms with Gasteiger partial charge in [0.2, 0.25) is 5.69 Å². The summed E-state index contributed by atoms with van der Waals surface area (Å²) in [5, 5.41) is 18.0. The van der Waals surface area contributed by atoms with Crippen molar-refractivity contribution in [1.29, 1.82) is 10.5 Å². The van der Waals surface area contributed by atoms with E-state index in [0.29, 0.717) is 37.4 Å². The maximum Gasteiger partial charge on any atom is 0.332 e. The molecular formula is C20H33N7OP+. The average Bonchev–Trinajstić information content (AvgIpc) is 3.08. The molecule has 1 heterocycles. The molecule has 0 aliphatic rings. The molecule has 0 fully saturated rings. The summed E-state index contributed by atoms with van der Waals surface area (Å²) in [6, 6.07) is 8.00. The van der Waals surface area contributed by atoms with Gasteiger partial charge in [-0.05, 0) is 48.5 Å². The van der Waals surface area contributed by atoms with Crippen molar-refractivity contribution in [3.8, 4) is 18.2 Å². The number of imidazole rings is 1. The summed E-state index contributed by atoms with van der Waals surface area (Å²) in [6.07, 6.45) is 1.83. The van der Waals surface area contributed by atoms with E-state index in [1.165, 1.54) is 6.33 Å². The van der Waals surface area contributed by atoms with Crippen molar-refractivity contribution in [1.82, 2.24) is 19.3 Å². The predicted octanol–water partition coefficient (Wildman–Crippen LogP) is 4.34. The molecule has 2 atom stereocenters. The maximum atomic E-state index is 9.05. The van der Waals surface area contributed by atoms with Crippen LogP contribution >= 0.6 is 8.45 Å². The number of aromatic amines is 1. The van der Waals surface area contributed by atoms with Gasteiger partial charge < -0.3 is 9.51 Å². The van der Waals surface area contributed by atoms with Crippen LogP contribution < -0.4 is 0 Å². The van der Waals surface area contributed by atoms with E-state index in [1.54, 1.807) is 0 Å². The topological polar surface area (TPSA) is 96.3 Å². The molecule has 2 unspecified atom stereocenters. The predicted molar refractivity (Wildman–Crippen MR) is 116 cm³/mol. The number of rotatable bonds is 10. The Hall–Kier alpha value is -2.01. The lowest BCUT2D eigenvalue weighted by molar-refractivity contribution is 0.188. The first-order chi connectivity index (χ1) is 13.7. The van der Waals surface area contributed by atoms with Gasteiger partial charge in [0.1, 0.15) is 6.07 Å². The number of hydrogen-bond donors (Lipinski definition) is 1. The molecule has 0 aliphatic carbocycles. The summed E-state index contributed by atoms with van der Waals surface area (Å²) in [6.45, 7) is 16.0. The molecular weight excluding hydrogens is 385 g/mol. The molecule has 0 aromatic carbocycles. The van der Waals surface area contributed by atoms with Crippen molar-refractivity contribution in [2.75, 3.05) is 13.2 Å². The van der Waals surface area contributed by atoms with Gasteiger partial charge in [0, 0.05) is 18.1 Å². The summed E-state index contributed by atoms with van der Waals surface area (Å²) in [4.78, 5) is 11.2. The molecule has 0 amide bonds. The molecule has 29 heavy (non-hydrogen) atoms. The van der Waals surface area contributed by atoms with Gasteiger partial charge in [-0.15, -0.1) is 0 Å². The molecule has 0 bridgehead atoms. The van der Waals surface area contributed by atoms with Gasteiger partial charge in [0.15, 0.2) is 14.1 Å². The lowest BCUT2D eigenvalue weighted by atomic mass is 10.3. The molecule has 0 saturated carbocycles. The Morgan fingerprint density at radius 2 is 1.72 bits per heavy atom. The molecule has 1 aromatic rings. The minimum absolute atomic E-state index is 0.0872. The SMILES string of the molecule is CC(C)N(C(C)C)P(OCCC#N)N(C(C)C)C(C)C[N+]#Cc1[nH]cnc1C#N. The second-order valence-corrected chi connectivity index (χ2v) is 9.26. The quantitative estimate of drug-likeness (QED) is 0.449. The molecule has 1 aromatic heterocycles. The van der Waals surface area contributed by atoms with E-state index >= 15 is 0 Å². The van der Waals surface area contributed by atoms with Crippen LogP contribution in [-0.2, 0) is 4.52 Å². The van der Waals surface area contributed by atoms with E-state index in [0.717, 1.165) is 0 Å². The Morgan fingerprint density at radius 1 is 1.10 bits per heavy atom. The number of H-pyrrole nitrogens is 1. The van der Waals surface area contributed by atoms with Crippen molar-refractivity contribution in [3.63, 3.8) is 0 Å². The Labute approximate surface area is 176 Å². The van der Waals surface area contributed by atoms with Crippen LogP contribution in [-0.4, -0.2) is 56.6 Å². The minimum Gasteiger partial charge on any atom is -0.332 e. The number of nitrogens with one attached hydrogen (secondary N) is 1. The van der Waals surface area contributed by atoms with Gasteiger partial charge in [-0.2, -0.15) is 10.5 Å². The van der Waals surface area contributed by atoms with Gasteiger partial charge >= 0.3 is 6.07 Å². The molecule has 0 saturated heterocycles.